The van der Waals surface area contributed by atoms with Crippen LogP contribution >= 0.6 is 23.4 Å². The van der Waals surface area contributed by atoms with E-state index in [9.17, 15) is 9.50 Å². The van der Waals surface area contributed by atoms with E-state index in [1.54, 1.807) is 24.8 Å². The summed E-state index contributed by atoms with van der Waals surface area (Å²) in [4.78, 5) is 0. The summed E-state index contributed by atoms with van der Waals surface area (Å²) in [6.07, 6.45) is 1.95. The molecule has 0 saturated carbocycles. The minimum atomic E-state index is -0.744. The first-order chi connectivity index (χ1) is 7.94. The van der Waals surface area contributed by atoms with E-state index >= 15 is 0 Å². The summed E-state index contributed by atoms with van der Waals surface area (Å²) in [6.45, 7) is 2.77. The number of thioether (sulfide) groups is 1. The summed E-state index contributed by atoms with van der Waals surface area (Å²) in [5, 5.41) is 13.5. The molecule has 2 nitrogen and oxygen atoms in total. The van der Waals surface area contributed by atoms with Crippen LogP contribution in [0.2, 0.25) is 5.02 Å². The Balaban J connectivity index is 2.46. The third-order valence-corrected chi connectivity index (χ3v) is 3.55. The average Bonchev–Trinajstić information content (AvgIpc) is 2.21. The highest BCUT2D eigenvalue weighted by Crippen LogP contribution is 2.17. The number of nitrogens with one attached hydrogen (secondary N) is 1. The van der Waals surface area contributed by atoms with E-state index in [4.69, 9.17) is 11.6 Å². The zero-order valence-corrected chi connectivity index (χ0v) is 11.5. The molecule has 1 unspecified atom stereocenters. The molecule has 0 aromatic heterocycles. The molecule has 0 fully saturated rings. The largest absolute Gasteiger partial charge is 0.388 e. The Morgan fingerprint density at radius 2 is 2.24 bits per heavy atom. The molecular weight excluding hydrogens is 261 g/mol. The van der Waals surface area contributed by atoms with Crippen molar-refractivity contribution in [2.75, 3.05) is 18.6 Å². The first-order valence-electron chi connectivity index (χ1n) is 5.30. The lowest BCUT2D eigenvalue weighted by Gasteiger charge is -2.22. The molecule has 0 aliphatic rings. The van der Waals surface area contributed by atoms with Gasteiger partial charge in [0.05, 0.1) is 5.60 Å². The Hall–Kier alpha value is -0.290. The monoisotopic (exact) mass is 277 g/mol. The molecule has 0 spiro atoms. The summed E-state index contributed by atoms with van der Waals surface area (Å²) >= 11 is 7.49. The first-order valence-corrected chi connectivity index (χ1v) is 7.08. The number of aliphatic hydroxyl groups is 1. The van der Waals surface area contributed by atoms with E-state index in [0.29, 0.717) is 23.9 Å². The molecule has 0 radical (unpaired) electrons. The summed E-state index contributed by atoms with van der Waals surface area (Å²) in [6, 6.07) is 4.31. The quantitative estimate of drug-likeness (QED) is 0.839. The van der Waals surface area contributed by atoms with Crippen molar-refractivity contribution in [1.29, 1.82) is 0 Å². The van der Waals surface area contributed by atoms with Crippen LogP contribution in [0.5, 0.6) is 0 Å². The fourth-order valence-corrected chi connectivity index (χ4v) is 2.45. The number of hydrogen-bond donors (Lipinski definition) is 2. The Bertz CT molecular complexity index is 374. The highest BCUT2D eigenvalue weighted by molar-refractivity contribution is 7.98. The van der Waals surface area contributed by atoms with Crippen molar-refractivity contribution >= 4 is 23.4 Å². The fraction of sp³-hybridized carbons (Fsp3) is 0.500. The van der Waals surface area contributed by atoms with Gasteiger partial charge in [0.15, 0.2) is 0 Å². The highest BCUT2D eigenvalue weighted by Gasteiger charge is 2.18. The second-order valence-corrected chi connectivity index (χ2v) is 5.54. The van der Waals surface area contributed by atoms with Gasteiger partial charge in [0.25, 0.3) is 0 Å². The van der Waals surface area contributed by atoms with Gasteiger partial charge >= 0.3 is 0 Å². The Labute approximate surface area is 111 Å². The predicted molar refractivity (Wildman–Crippen MR) is 72.1 cm³/mol. The van der Waals surface area contributed by atoms with E-state index in [0.717, 1.165) is 5.56 Å². The minimum absolute atomic E-state index is 0.340. The summed E-state index contributed by atoms with van der Waals surface area (Å²) in [5.41, 5.74) is 0.0827. The summed E-state index contributed by atoms with van der Waals surface area (Å²) in [5.74, 6) is 0.324. The maximum Gasteiger partial charge on any atom is 0.124 e. The van der Waals surface area contributed by atoms with Crippen LogP contribution in [-0.4, -0.2) is 29.3 Å². The van der Waals surface area contributed by atoms with Gasteiger partial charge in [-0.25, -0.2) is 4.39 Å². The molecule has 1 aromatic carbocycles. The van der Waals surface area contributed by atoms with E-state index in [1.807, 2.05) is 6.26 Å². The molecule has 17 heavy (non-hydrogen) atoms. The van der Waals surface area contributed by atoms with Crippen LogP contribution in [0.1, 0.15) is 12.5 Å². The maximum absolute atomic E-state index is 12.8. The van der Waals surface area contributed by atoms with Gasteiger partial charge in [0.1, 0.15) is 5.82 Å². The molecule has 5 heteroatoms. The van der Waals surface area contributed by atoms with Gasteiger partial charge in [0, 0.05) is 23.9 Å². The van der Waals surface area contributed by atoms with Crippen molar-refractivity contribution < 1.29 is 9.50 Å². The maximum atomic E-state index is 12.8. The standard InChI is InChI=1S/C12H17ClFNOS/c1-12(16,8-17-2)7-15-6-9-3-4-10(14)5-11(9)13/h3-5,15-16H,6-8H2,1-2H3. The van der Waals surface area contributed by atoms with Crippen molar-refractivity contribution in [3.05, 3.63) is 34.6 Å². The van der Waals surface area contributed by atoms with Crippen LogP contribution in [-0.2, 0) is 6.54 Å². The Kier molecular flexibility index (Phi) is 5.73. The van der Waals surface area contributed by atoms with Gasteiger partial charge in [-0.15, -0.1) is 0 Å². The molecule has 0 aliphatic carbocycles. The van der Waals surface area contributed by atoms with Crippen LogP contribution in [0.25, 0.3) is 0 Å². The Morgan fingerprint density at radius 3 is 2.82 bits per heavy atom. The number of halogens is 2. The zero-order chi connectivity index (χ0) is 12.9. The average molecular weight is 278 g/mol. The molecule has 1 rings (SSSR count). The number of benzene rings is 1. The first kappa shape index (κ1) is 14.8. The molecular formula is C12H17ClFNOS. The van der Waals surface area contributed by atoms with Crippen molar-refractivity contribution in [2.45, 2.75) is 19.1 Å². The van der Waals surface area contributed by atoms with Crippen molar-refractivity contribution in [2.24, 2.45) is 0 Å². The van der Waals surface area contributed by atoms with Gasteiger partial charge in [-0.05, 0) is 30.9 Å². The van der Waals surface area contributed by atoms with Crippen LogP contribution in [0.3, 0.4) is 0 Å². The summed E-state index contributed by atoms with van der Waals surface area (Å²) in [7, 11) is 0. The molecule has 0 heterocycles. The van der Waals surface area contributed by atoms with Crippen LogP contribution in [0, 0.1) is 5.82 Å². The van der Waals surface area contributed by atoms with Crippen molar-refractivity contribution in [3.63, 3.8) is 0 Å². The SMILES string of the molecule is CSCC(C)(O)CNCc1ccc(F)cc1Cl. The molecule has 1 aromatic rings. The van der Waals surface area contributed by atoms with Crippen LogP contribution in [0.4, 0.5) is 4.39 Å². The second kappa shape index (κ2) is 6.59. The van der Waals surface area contributed by atoms with Gasteiger partial charge in [0.2, 0.25) is 0 Å². The molecule has 0 saturated heterocycles. The van der Waals surface area contributed by atoms with Crippen LogP contribution < -0.4 is 5.32 Å². The molecule has 96 valence electrons. The topological polar surface area (TPSA) is 32.3 Å². The number of hydrogen-bond acceptors (Lipinski definition) is 3. The van der Waals surface area contributed by atoms with Gasteiger partial charge in [-0.2, -0.15) is 11.8 Å². The smallest absolute Gasteiger partial charge is 0.124 e. The van der Waals surface area contributed by atoms with Crippen LogP contribution in [0.15, 0.2) is 18.2 Å². The molecule has 0 amide bonds. The fourth-order valence-electron chi connectivity index (χ4n) is 1.49. The lowest BCUT2D eigenvalue weighted by molar-refractivity contribution is 0.0846. The molecule has 2 N–H and O–H groups in total. The zero-order valence-electron chi connectivity index (χ0n) is 9.96. The normalized spacial score (nSPS) is 14.6. The lowest BCUT2D eigenvalue weighted by atomic mass is 10.1. The molecule has 0 bridgehead atoms. The highest BCUT2D eigenvalue weighted by atomic mass is 35.5. The van der Waals surface area contributed by atoms with E-state index < -0.39 is 5.60 Å². The third kappa shape index (κ3) is 5.25. The van der Waals surface area contributed by atoms with E-state index in [2.05, 4.69) is 5.32 Å². The summed E-state index contributed by atoms with van der Waals surface area (Å²) < 4.78 is 12.8. The van der Waals surface area contributed by atoms with E-state index in [1.165, 1.54) is 12.1 Å². The predicted octanol–water partition coefficient (Wildman–Crippen LogP) is 2.68. The number of rotatable bonds is 6. The van der Waals surface area contributed by atoms with Crippen molar-refractivity contribution in [1.82, 2.24) is 5.32 Å². The minimum Gasteiger partial charge on any atom is -0.388 e. The molecule has 1 atom stereocenters. The Morgan fingerprint density at radius 1 is 1.53 bits per heavy atom. The van der Waals surface area contributed by atoms with Crippen molar-refractivity contribution in [3.8, 4) is 0 Å². The third-order valence-electron chi connectivity index (χ3n) is 2.29. The lowest BCUT2D eigenvalue weighted by Crippen LogP contribution is -2.39. The molecule has 0 aliphatic heterocycles. The second-order valence-electron chi connectivity index (χ2n) is 4.27. The van der Waals surface area contributed by atoms with E-state index in [-0.39, 0.29) is 5.82 Å². The van der Waals surface area contributed by atoms with Gasteiger partial charge in [-0.3, -0.25) is 0 Å². The van der Waals surface area contributed by atoms with Gasteiger partial charge in [-0.1, -0.05) is 17.7 Å². The van der Waals surface area contributed by atoms with Gasteiger partial charge < -0.3 is 10.4 Å².